The maximum absolute atomic E-state index is 5.32. The molecule has 2 N–H and O–H groups in total. The Balaban J connectivity index is 1.61. The van der Waals surface area contributed by atoms with Crippen molar-refractivity contribution in [1.82, 2.24) is 10.6 Å². The predicted octanol–water partition coefficient (Wildman–Crippen LogP) is 3.73. The summed E-state index contributed by atoms with van der Waals surface area (Å²) < 4.78 is 5.32. The monoisotopic (exact) mass is 321 g/mol. The van der Waals surface area contributed by atoms with Crippen molar-refractivity contribution in [2.45, 2.75) is 19.9 Å². The van der Waals surface area contributed by atoms with Crippen LogP contribution < -0.4 is 10.6 Å². The summed E-state index contributed by atoms with van der Waals surface area (Å²) in [6.07, 6.45) is 2.62. The van der Waals surface area contributed by atoms with Crippen LogP contribution in [0.4, 0.5) is 0 Å². The van der Waals surface area contributed by atoms with Crippen molar-refractivity contribution in [2.24, 2.45) is 4.99 Å². The van der Waals surface area contributed by atoms with Crippen LogP contribution in [0.5, 0.6) is 0 Å². The van der Waals surface area contributed by atoms with Gasteiger partial charge >= 0.3 is 0 Å². The van der Waals surface area contributed by atoms with E-state index in [1.165, 1.54) is 16.3 Å². The van der Waals surface area contributed by atoms with Gasteiger partial charge in [-0.1, -0.05) is 42.5 Å². The van der Waals surface area contributed by atoms with Crippen molar-refractivity contribution < 1.29 is 4.42 Å². The molecule has 1 heterocycles. The number of nitrogens with zero attached hydrogens (tertiary/aromatic N) is 1. The van der Waals surface area contributed by atoms with Crippen LogP contribution in [-0.2, 0) is 13.0 Å². The van der Waals surface area contributed by atoms with Crippen LogP contribution in [0.2, 0.25) is 0 Å². The smallest absolute Gasteiger partial charge is 0.191 e. The molecule has 0 aliphatic carbocycles. The number of furan rings is 1. The minimum absolute atomic E-state index is 0.538. The normalized spacial score (nSPS) is 11.6. The standard InChI is InChI=1S/C20H23N3O/c1-2-21-20(23-15-18-10-6-14-24-18)22-13-12-17-9-5-8-16-7-3-4-11-19(16)17/h3-11,14H,2,12-13,15H2,1H3,(H2,21,22,23). The molecule has 0 unspecified atom stereocenters. The number of fused-ring (bicyclic) bond motifs is 1. The minimum atomic E-state index is 0.538. The first-order valence-electron chi connectivity index (χ1n) is 8.38. The maximum Gasteiger partial charge on any atom is 0.191 e. The van der Waals surface area contributed by atoms with Crippen LogP contribution in [0, 0.1) is 0 Å². The molecule has 2 aromatic carbocycles. The van der Waals surface area contributed by atoms with E-state index in [-0.39, 0.29) is 0 Å². The highest BCUT2D eigenvalue weighted by Gasteiger charge is 2.02. The first-order valence-corrected chi connectivity index (χ1v) is 8.38. The minimum Gasteiger partial charge on any atom is -0.467 e. The molecule has 0 aliphatic rings. The van der Waals surface area contributed by atoms with Gasteiger partial charge in [0.15, 0.2) is 5.96 Å². The first-order chi connectivity index (χ1) is 11.9. The van der Waals surface area contributed by atoms with Crippen LogP contribution in [0.15, 0.2) is 70.3 Å². The zero-order valence-corrected chi connectivity index (χ0v) is 14.0. The van der Waals surface area contributed by atoms with E-state index < -0.39 is 0 Å². The Morgan fingerprint density at radius 3 is 2.71 bits per heavy atom. The quantitative estimate of drug-likeness (QED) is 0.537. The Morgan fingerprint density at radius 2 is 1.88 bits per heavy atom. The van der Waals surface area contributed by atoms with E-state index in [0.717, 1.165) is 31.2 Å². The number of hydrogen-bond donors (Lipinski definition) is 2. The summed E-state index contributed by atoms with van der Waals surface area (Å²) in [7, 11) is 0. The molecule has 0 fully saturated rings. The third-order valence-electron chi connectivity index (χ3n) is 3.88. The van der Waals surface area contributed by atoms with Gasteiger partial charge in [-0.05, 0) is 41.8 Å². The summed E-state index contributed by atoms with van der Waals surface area (Å²) in [5, 5.41) is 9.26. The van der Waals surface area contributed by atoms with E-state index in [1.807, 2.05) is 12.1 Å². The van der Waals surface area contributed by atoms with E-state index >= 15 is 0 Å². The molecule has 3 aromatic rings. The summed E-state index contributed by atoms with van der Waals surface area (Å²) in [5.41, 5.74) is 1.35. The van der Waals surface area contributed by atoms with Crippen LogP contribution in [0.1, 0.15) is 18.2 Å². The van der Waals surface area contributed by atoms with E-state index in [1.54, 1.807) is 6.26 Å². The van der Waals surface area contributed by atoms with Gasteiger partial charge in [0.25, 0.3) is 0 Å². The number of rotatable bonds is 6. The van der Waals surface area contributed by atoms with Gasteiger partial charge in [0.05, 0.1) is 6.26 Å². The Labute approximate surface area is 142 Å². The highest BCUT2D eigenvalue weighted by molar-refractivity contribution is 5.85. The SMILES string of the molecule is CCNC(=NCc1ccco1)NCCc1cccc2ccccc12. The van der Waals surface area contributed by atoms with Crippen molar-refractivity contribution in [3.05, 3.63) is 72.2 Å². The second-order valence-corrected chi connectivity index (χ2v) is 5.59. The molecule has 0 aliphatic heterocycles. The number of guanidine groups is 1. The molecular weight excluding hydrogens is 298 g/mol. The average Bonchev–Trinajstić information content (AvgIpc) is 3.13. The molecule has 0 radical (unpaired) electrons. The Hall–Kier alpha value is -2.75. The molecule has 4 heteroatoms. The fourth-order valence-electron chi connectivity index (χ4n) is 2.73. The lowest BCUT2D eigenvalue weighted by atomic mass is 10.0. The second-order valence-electron chi connectivity index (χ2n) is 5.59. The number of benzene rings is 2. The van der Waals surface area contributed by atoms with E-state index in [0.29, 0.717) is 6.54 Å². The summed E-state index contributed by atoms with van der Waals surface area (Å²) in [5.74, 6) is 1.68. The summed E-state index contributed by atoms with van der Waals surface area (Å²) in [4.78, 5) is 4.55. The van der Waals surface area contributed by atoms with Gasteiger partial charge < -0.3 is 15.1 Å². The van der Waals surface area contributed by atoms with Gasteiger partial charge in [0, 0.05) is 13.1 Å². The fourth-order valence-corrected chi connectivity index (χ4v) is 2.73. The molecule has 124 valence electrons. The lowest BCUT2D eigenvalue weighted by molar-refractivity contribution is 0.512. The molecule has 0 atom stereocenters. The first kappa shape index (κ1) is 16.1. The third kappa shape index (κ3) is 4.16. The molecule has 0 saturated carbocycles. The van der Waals surface area contributed by atoms with E-state index in [2.05, 4.69) is 65.0 Å². The number of hydrogen-bond acceptors (Lipinski definition) is 2. The molecule has 0 bridgehead atoms. The van der Waals surface area contributed by atoms with Crippen molar-refractivity contribution >= 4 is 16.7 Å². The molecule has 1 aromatic heterocycles. The molecule has 0 spiro atoms. The summed E-state index contributed by atoms with van der Waals surface area (Å²) >= 11 is 0. The van der Waals surface area contributed by atoms with Gasteiger partial charge in [-0.3, -0.25) is 0 Å². The maximum atomic E-state index is 5.32. The number of aliphatic imine (C=N–C) groups is 1. The molecule has 4 nitrogen and oxygen atoms in total. The van der Waals surface area contributed by atoms with E-state index in [9.17, 15) is 0 Å². The third-order valence-corrected chi connectivity index (χ3v) is 3.88. The topological polar surface area (TPSA) is 49.6 Å². The predicted molar refractivity (Wildman–Crippen MR) is 99.2 cm³/mol. The zero-order valence-electron chi connectivity index (χ0n) is 14.0. The lowest BCUT2D eigenvalue weighted by Crippen LogP contribution is -2.38. The van der Waals surface area contributed by atoms with Gasteiger partial charge in [-0.25, -0.2) is 4.99 Å². The average molecular weight is 321 g/mol. The highest BCUT2D eigenvalue weighted by atomic mass is 16.3. The molecule has 0 saturated heterocycles. The summed E-state index contributed by atoms with van der Waals surface area (Å²) in [6, 6.07) is 18.8. The van der Waals surface area contributed by atoms with Crippen LogP contribution in [-0.4, -0.2) is 19.0 Å². The second kappa shape index (κ2) is 8.20. The molecular formula is C20H23N3O. The van der Waals surface area contributed by atoms with Gasteiger partial charge in [0.2, 0.25) is 0 Å². The Morgan fingerprint density at radius 1 is 1.00 bits per heavy atom. The Kier molecular flexibility index (Phi) is 5.51. The van der Waals surface area contributed by atoms with Gasteiger partial charge in [-0.15, -0.1) is 0 Å². The van der Waals surface area contributed by atoms with E-state index in [4.69, 9.17) is 4.42 Å². The van der Waals surface area contributed by atoms with Crippen molar-refractivity contribution in [3.8, 4) is 0 Å². The fraction of sp³-hybridized carbons (Fsp3) is 0.250. The van der Waals surface area contributed by atoms with Crippen LogP contribution in [0.25, 0.3) is 10.8 Å². The largest absolute Gasteiger partial charge is 0.467 e. The number of nitrogens with one attached hydrogen (secondary N) is 2. The van der Waals surface area contributed by atoms with Crippen LogP contribution >= 0.6 is 0 Å². The van der Waals surface area contributed by atoms with Crippen molar-refractivity contribution in [3.63, 3.8) is 0 Å². The Bertz CT molecular complexity index is 788. The lowest BCUT2D eigenvalue weighted by Gasteiger charge is -2.12. The van der Waals surface area contributed by atoms with Crippen molar-refractivity contribution in [2.75, 3.05) is 13.1 Å². The summed E-state index contributed by atoms with van der Waals surface area (Å²) in [6.45, 7) is 4.27. The zero-order chi connectivity index (χ0) is 16.6. The van der Waals surface area contributed by atoms with Gasteiger partial charge in [-0.2, -0.15) is 0 Å². The van der Waals surface area contributed by atoms with Crippen LogP contribution in [0.3, 0.4) is 0 Å². The van der Waals surface area contributed by atoms with Gasteiger partial charge in [0.1, 0.15) is 12.3 Å². The van der Waals surface area contributed by atoms with Crippen molar-refractivity contribution in [1.29, 1.82) is 0 Å². The molecule has 3 rings (SSSR count). The molecule has 24 heavy (non-hydrogen) atoms. The highest BCUT2D eigenvalue weighted by Crippen LogP contribution is 2.18. The molecule has 0 amide bonds.